The Morgan fingerprint density at radius 3 is 2.29 bits per heavy atom. The van der Waals surface area contributed by atoms with Crippen LogP contribution in [0.3, 0.4) is 0 Å². The van der Waals surface area contributed by atoms with Crippen molar-refractivity contribution in [1.82, 2.24) is 9.97 Å². The third kappa shape index (κ3) is 4.76. The van der Waals surface area contributed by atoms with Crippen molar-refractivity contribution in [3.05, 3.63) is 65.9 Å². The van der Waals surface area contributed by atoms with Crippen molar-refractivity contribution in [1.29, 1.82) is 0 Å². The molecule has 9 heteroatoms. The lowest BCUT2D eigenvalue weighted by molar-refractivity contribution is -0.274. The summed E-state index contributed by atoms with van der Waals surface area (Å²) < 4.78 is 40.7. The highest BCUT2D eigenvalue weighted by Crippen LogP contribution is 2.28. The van der Waals surface area contributed by atoms with Gasteiger partial charge in [0.05, 0.1) is 11.3 Å². The molecule has 28 heavy (non-hydrogen) atoms. The lowest BCUT2D eigenvalue weighted by atomic mass is 10.1. The Kier molecular flexibility index (Phi) is 5.16. The number of nitrogens with one attached hydrogen (secondary N) is 1. The standard InChI is InChI=1S/C19H14F3N3O3/c1-11-10-23-18(24-14-6-2-13(3-7-14)17(26)27)25-16(11)12-4-8-15(9-5-12)28-19(20,21)22/h2-10H,1H3,(H,26,27)(H,23,24,25). The highest BCUT2D eigenvalue weighted by molar-refractivity contribution is 5.88. The summed E-state index contributed by atoms with van der Waals surface area (Å²) in [6.07, 6.45) is -3.17. The van der Waals surface area contributed by atoms with Crippen LogP contribution >= 0.6 is 0 Å². The number of aromatic nitrogens is 2. The topological polar surface area (TPSA) is 84.3 Å². The number of carboxylic acids is 1. The minimum absolute atomic E-state index is 0.150. The van der Waals surface area contributed by atoms with Crippen molar-refractivity contribution in [2.75, 3.05) is 5.32 Å². The molecule has 0 saturated carbocycles. The zero-order chi connectivity index (χ0) is 20.3. The molecule has 1 heterocycles. The predicted octanol–water partition coefficient (Wildman–Crippen LogP) is 4.79. The van der Waals surface area contributed by atoms with Gasteiger partial charge in [0, 0.05) is 17.4 Å². The van der Waals surface area contributed by atoms with E-state index >= 15 is 0 Å². The van der Waals surface area contributed by atoms with E-state index in [9.17, 15) is 18.0 Å². The molecule has 0 aliphatic carbocycles. The normalized spacial score (nSPS) is 11.1. The fourth-order valence-corrected chi connectivity index (χ4v) is 2.43. The van der Waals surface area contributed by atoms with E-state index in [2.05, 4.69) is 20.0 Å². The Bertz CT molecular complexity index is 988. The van der Waals surface area contributed by atoms with Crippen LogP contribution in [-0.2, 0) is 0 Å². The van der Waals surface area contributed by atoms with Gasteiger partial charge in [0.25, 0.3) is 0 Å². The van der Waals surface area contributed by atoms with Gasteiger partial charge < -0.3 is 15.2 Å². The van der Waals surface area contributed by atoms with Gasteiger partial charge in [-0.1, -0.05) is 0 Å². The number of carbonyl (C=O) groups is 1. The average Bonchev–Trinajstić information content (AvgIpc) is 2.63. The molecule has 0 amide bonds. The maximum Gasteiger partial charge on any atom is 0.573 e. The molecule has 0 atom stereocenters. The Balaban J connectivity index is 1.82. The van der Waals surface area contributed by atoms with Gasteiger partial charge in [0.1, 0.15) is 5.75 Å². The fraction of sp³-hybridized carbons (Fsp3) is 0.105. The van der Waals surface area contributed by atoms with E-state index in [1.54, 1.807) is 25.3 Å². The smallest absolute Gasteiger partial charge is 0.478 e. The Hall–Kier alpha value is -3.62. The molecular weight excluding hydrogens is 375 g/mol. The van der Waals surface area contributed by atoms with E-state index in [0.717, 1.165) is 5.56 Å². The van der Waals surface area contributed by atoms with Gasteiger partial charge in [-0.3, -0.25) is 0 Å². The van der Waals surface area contributed by atoms with Crippen LogP contribution in [0.15, 0.2) is 54.7 Å². The van der Waals surface area contributed by atoms with E-state index in [0.29, 0.717) is 16.9 Å². The second kappa shape index (κ2) is 7.55. The van der Waals surface area contributed by atoms with Crippen LogP contribution in [0.5, 0.6) is 5.75 Å². The lowest BCUT2D eigenvalue weighted by Crippen LogP contribution is -2.16. The van der Waals surface area contributed by atoms with Crippen LogP contribution in [0.4, 0.5) is 24.8 Å². The van der Waals surface area contributed by atoms with Crippen molar-refractivity contribution in [2.45, 2.75) is 13.3 Å². The highest BCUT2D eigenvalue weighted by Gasteiger charge is 2.31. The zero-order valence-corrected chi connectivity index (χ0v) is 14.5. The summed E-state index contributed by atoms with van der Waals surface area (Å²) in [7, 11) is 0. The minimum atomic E-state index is -4.75. The zero-order valence-electron chi connectivity index (χ0n) is 14.5. The number of halogens is 3. The van der Waals surface area contributed by atoms with Gasteiger partial charge in [0.2, 0.25) is 5.95 Å². The number of anilines is 2. The van der Waals surface area contributed by atoms with Crippen LogP contribution in [0.1, 0.15) is 15.9 Å². The van der Waals surface area contributed by atoms with Crippen LogP contribution < -0.4 is 10.1 Å². The van der Waals surface area contributed by atoms with Crippen molar-refractivity contribution >= 4 is 17.6 Å². The second-order valence-corrected chi connectivity index (χ2v) is 5.80. The monoisotopic (exact) mass is 389 g/mol. The molecule has 6 nitrogen and oxygen atoms in total. The SMILES string of the molecule is Cc1cnc(Nc2ccc(C(=O)O)cc2)nc1-c1ccc(OC(F)(F)F)cc1. The number of alkyl halides is 3. The minimum Gasteiger partial charge on any atom is -0.478 e. The van der Waals surface area contributed by atoms with Crippen molar-refractivity contribution < 1.29 is 27.8 Å². The molecule has 0 saturated heterocycles. The number of benzene rings is 2. The Morgan fingerprint density at radius 2 is 1.71 bits per heavy atom. The van der Waals surface area contributed by atoms with Crippen molar-refractivity contribution in [3.63, 3.8) is 0 Å². The van der Waals surface area contributed by atoms with Crippen LogP contribution in [0.2, 0.25) is 0 Å². The maximum atomic E-state index is 12.3. The van der Waals surface area contributed by atoms with Gasteiger partial charge in [-0.25, -0.2) is 14.8 Å². The Labute approximate surface area is 157 Å². The van der Waals surface area contributed by atoms with Gasteiger partial charge in [-0.2, -0.15) is 0 Å². The van der Waals surface area contributed by atoms with Gasteiger partial charge in [0.15, 0.2) is 0 Å². The third-order valence-electron chi connectivity index (χ3n) is 3.72. The molecular formula is C19H14F3N3O3. The van der Waals surface area contributed by atoms with E-state index < -0.39 is 12.3 Å². The number of carboxylic acid groups (broad SMARTS) is 1. The number of aryl methyl sites for hydroxylation is 1. The molecule has 2 N–H and O–H groups in total. The molecule has 0 fully saturated rings. The molecule has 3 aromatic rings. The molecule has 0 radical (unpaired) electrons. The second-order valence-electron chi connectivity index (χ2n) is 5.80. The van der Waals surface area contributed by atoms with Gasteiger partial charge in [-0.05, 0) is 61.0 Å². The summed E-state index contributed by atoms with van der Waals surface area (Å²) in [5.74, 6) is -1.09. The van der Waals surface area contributed by atoms with Crippen LogP contribution in [0, 0.1) is 6.92 Å². The number of hydrogen-bond donors (Lipinski definition) is 2. The number of rotatable bonds is 5. The van der Waals surface area contributed by atoms with Gasteiger partial charge in [-0.15, -0.1) is 13.2 Å². The average molecular weight is 389 g/mol. The summed E-state index contributed by atoms with van der Waals surface area (Å²) in [6, 6.07) is 11.4. The molecule has 0 spiro atoms. The van der Waals surface area contributed by atoms with E-state index in [1.807, 2.05) is 0 Å². The quantitative estimate of drug-likeness (QED) is 0.653. The van der Waals surface area contributed by atoms with E-state index in [-0.39, 0.29) is 17.3 Å². The van der Waals surface area contributed by atoms with E-state index in [1.165, 1.54) is 36.4 Å². The summed E-state index contributed by atoms with van der Waals surface area (Å²) in [6.45, 7) is 1.78. The molecule has 2 aromatic carbocycles. The van der Waals surface area contributed by atoms with Gasteiger partial charge >= 0.3 is 12.3 Å². The number of hydrogen-bond acceptors (Lipinski definition) is 5. The highest BCUT2D eigenvalue weighted by atomic mass is 19.4. The first-order valence-electron chi connectivity index (χ1n) is 8.01. The Morgan fingerprint density at radius 1 is 1.07 bits per heavy atom. The maximum absolute atomic E-state index is 12.3. The molecule has 3 rings (SSSR count). The van der Waals surface area contributed by atoms with E-state index in [4.69, 9.17) is 5.11 Å². The molecule has 0 aliphatic heterocycles. The molecule has 0 unspecified atom stereocenters. The van der Waals surface area contributed by atoms with Crippen molar-refractivity contribution in [3.8, 4) is 17.0 Å². The lowest BCUT2D eigenvalue weighted by Gasteiger charge is -2.11. The summed E-state index contributed by atoms with van der Waals surface area (Å²) in [4.78, 5) is 19.5. The number of nitrogens with zero attached hydrogens (tertiary/aromatic N) is 2. The van der Waals surface area contributed by atoms with Crippen LogP contribution in [-0.4, -0.2) is 27.4 Å². The molecule has 0 aliphatic rings. The predicted molar refractivity (Wildman–Crippen MR) is 95.6 cm³/mol. The molecule has 144 valence electrons. The number of aromatic carboxylic acids is 1. The van der Waals surface area contributed by atoms with Crippen molar-refractivity contribution in [2.24, 2.45) is 0 Å². The number of ether oxygens (including phenoxy) is 1. The largest absolute Gasteiger partial charge is 0.573 e. The summed E-state index contributed by atoms with van der Waals surface area (Å²) in [5, 5.41) is 11.9. The molecule has 0 bridgehead atoms. The molecule has 1 aromatic heterocycles. The first kappa shape index (κ1) is 19.2. The first-order chi connectivity index (χ1) is 13.2. The third-order valence-corrected chi connectivity index (χ3v) is 3.72. The summed E-state index contributed by atoms with van der Waals surface area (Å²) >= 11 is 0. The fourth-order valence-electron chi connectivity index (χ4n) is 2.43. The van der Waals surface area contributed by atoms with Crippen LogP contribution in [0.25, 0.3) is 11.3 Å². The first-order valence-corrected chi connectivity index (χ1v) is 8.01. The summed E-state index contributed by atoms with van der Waals surface area (Å²) in [5.41, 5.74) is 2.61.